The largest absolute Gasteiger partial charge is 0.379 e. The zero-order chi connectivity index (χ0) is 13.4. The number of likely N-dealkylation sites (N-methyl/N-ethyl adjacent to an activating group) is 1. The van der Waals surface area contributed by atoms with E-state index in [1.54, 1.807) is 0 Å². The van der Waals surface area contributed by atoms with Crippen LogP contribution in [0.25, 0.3) is 0 Å². The Kier molecular flexibility index (Phi) is 7.23. The molecule has 0 spiro atoms. The Bertz CT molecular complexity index is 246. The van der Waals surface area contributed by atoms with Crippen molar-refractivity contribution in [1.82, 2.24) is 15.5 Å². The average Bonchev–Trinajstić information content (AvgIpc) is 2.77. The number of carbonyl (C=O) groups is 1. The van der Waals surface area contributed by atoms with Gasteiger partial charge in [0.15, 0.2) is 0 Å². The summed E-state index contributed by atoms with van der Waals surface area (Å²) in [7, 11) is 4.13. The van der Waals surface area contributed by atoms with Gasteiger partial charge in [-0.25, -0.2) is 0 Å². The first kappa shape index (κ1) is 15.4. The third-order valence-corrected chi connectivity index (χ3v) is 3.21. The summed E-state index contributed by atoms with van der Waals surface area (Å²) in [5.74, 6) is 0.0992. The van der Waals surface area contributed by atoms with Crippen LogP contribution in [0, 0.1) is 5.92 Å². The maximum atomic E-state index is 12.0. The number of rotatable bonds is 8. The molecule has 1 rings (SSSR count). The molecule has 0 radical (unpaired) electrons. The van der Waals surface area contributed by atoms with Crippen LogP contribution in [0.15, 0.2) is 0 Å². The predicted octanol–water partition coefficient (Wildman–Crippen LogP) is 0.0689. The van der Waals surface area contributed by atoms with E-state index < -0.39 is 0 Å². The molecule has 5 nitrogen and oxygen atoms in total. The van der Waals surface area contributed by atoms with Gasteiger partial charge in [-0.2, -0.15) is 0 Å². The van der Waals surface area contributed by atoms with E-state index in [1.807, 2.05) is 0 Å². The molecule has 0 aromatic carbocycles. The first-order valence-corrected chi connectivity index (χ1v) is 6.88. The Labute approximate surface area is 110 Å². The highest BCUT2D eigenvalue weighted by atomic mass is 16.5. The number of carbonyl (C=O) groups excluding carboxylic acids is 1. The number of nitrogens with zero attached hydrogens (tertiary/aromatic N) is 1. The standard InChI is InChI=1S/C13H27N3O2/c1-4-14-12-10-18-9-11(12)13(17)15-7-5-6-8-16(2)3/h11-12,14H,4-10H2,1-3H3,(H,15,17). The number of unbranched alkanes of at least 4 members (excludes halogenated alkanes) is 1. The molecule has 0 aromatic rings. The van der Waals surface area contributed by atoms with E-state index in [0.717, 1.165) is 32.5 Å². The van der Waals surface area contributed by atoms with Crippen molar-refractivity contribution in [3.05, 3.63) is 0 Å². The normalized spacial score (nSPS) is 23.6. The summed E-state index contributed by atoms with van der Waals surface area (Å²) in [5, 5.41) is 6.31. The van der Waals surface area contributed by atoms with E-state index >= 15 is 0 Å². The maximum absolute atomic E-state index is 12.0. The second-order valence-corrected chi connectivity index (χ2v) is 5.11. The van der Waals surface area contributed by atoms with Crippen LogP contribution in [0.5, 0.6) is 0 Å². The van der Waals surface area contributed by atoms with Gasteiger partial charge in [0.2, 0.25) is 5.91 Å². The lowest BCUT2D eigenvalue weighted by Gasteiger charge is -2.17. The molecular formula is C13H27N3O2. The highest BCUT2D eigenvalue weighted by Crippen LogP contribution is 2.13. The molecule has 1 fully saturated rings. The van der Waals surface area contributed by atoms with Crippen LogP contribution in [0.4, 0.5) is 0 Å². The van der Waals surface area contributed by atoms with Crippen LogP contribution in [0.2, 0.25) is 0 Å². The molecule has 1 saturated heterocycles. The summed E-state index contributed by atoms with van der Waals surface area (Å²) < 4.78 is 5.37. The minimum absolute atomic E-state index is 0.0289. The lowest BCUT2D eigenvalue weighted by atomic mass is 10.0. The lowest BCUT2D eigenvalue weighted by molar-refractivity contribution is -0.125. The van der Waals surface area contributed by atoms with Crippen LogP contribution in [-0.2, 0) is 9.53 Å². The summed E-state index contributed by atoms with van der Waals surface area (Å²) in [4.78, 5) is 14.1. The second-order valence-electron chi connectivity index (χ2n) is 5.11. The van der Waals surface area contributed by atoms with Crippen molar-refractivity contribution in [1.29, 1.82) is 0 Å². The molecule has 18 heavy (non-hydrogen) atoms. The first-order valence-electron chi connectivity index (χ1n) is 6.88. The third kappa shape index (κ3) is 5.33. The quantitative estimate of drug-likeness (QED) is 0.604. The summed E-state index contributed by atoms with van der Waals surface area (Å²) >= 11 is 0. The van der Waals surface area contributed by atoms with E-state index in [1.165, 1.54) is 0 Å². The summed E-state index contributed by atoms with van der Waals surface area (Å²) in [5.41, 5.74) is 0. The van der Waals surface area contributed by atoms with Crippen molar-refractivity contribution in [2.24, 2.45) is 5.92 Å². The maximum Gasteiger partial charge on any atom is 0.227 e. The van der Waals surface area contributed by atoms with Crippen molar-refractivity contribution in [3.8, 4) is 0 Å². The number of ether oxygens (including phenoxy) is 1. The molecule has 5 heteroatoms. The number of amides is 1. The van der Waals surface area contributed by atoms with E-state index in [9.17, 15) is 4.79 Å². The Morgan fingerprint density at radius 2 is 2.11 bits per heavy atom. The molecule has 2 atom stereocenters. The van der Waals surface area contributed by atoms with Gasteiger partial charge >= 0.3 is 0 Å². The van der Waals surface area contributed by atoms with Gasteiger partial charge in [0.25, 0.3) is 0 Å². The van der Waals surface area contributed by atoms with Crippen molar-refractivity contribution in [3.63, 3.8) is 0 Å². The van der Waals surface area contributed by atoms with Crippen molar-refractivity contribution in [2.75, 3.05) is 46.9 Å². The van der Waals surface area contributed by atoms with Gasteiger partial charge in [-0.05, 0) is 40.0 Å². The lowest BCUT2D eigenvalue weighted by Crippen LogP contribution is -2.44. The fourth-order valence-electron chi connectivity index (χ4n) is 2.17. The van der Waals surface area contributed by atoms with E-state index in [4.69, 9.17) is 4.74 Å². The molecule has 1 heterocycles. The van der Waals surface area contributed by atoms with E-state index in [-0.39, 0.29) is 17.9 Å². The van der Waals surface area contributed by atoms with Crippen LogP contribution in [-0.4, -0.2) is 63.8 Å². The molecule has 0 saturated carbocycles. The SMILES string of the molecule is CCNC1COCC1C(=O)NCCCCN(C)C. The summed E-state index contributed by atoms with van der Waals surface area (Å²) in [6, 6.07) is 0.178. The van der Waals surface area contributed by atoms with Crippen molar-refractivity contribution < 1.29 is 9.53 Å². The zero-order valence-corrected chi connectivity index (χ0v) is 11.9. The van der Waals surface area contributed by atoms with Crippen LogP contribution >= 0.6 is 0 Å². The summed E-state index contributed by atoms with van der Waals surface area (Å²) in [6.07, 6.45) is 2.15. The van der Waals surface area contributed by atoms with Gasteiger partial charge in [0.1, 0.15) is 0 Å². The van der Waals surface area contributed by atoms with Crippen LogP contribution in [0.3, 0.4) is 0 Å². The molecule has 2 unspecified atom stereocenters. The van der Waals surface area contributed by atoms with Crippen LogP contribution < -0.4 is 10.6 Å². The highest BCUT2D eigenvalue weighted by Gasteiger charge is 2.32. The molecule has 1 aliphatic heterocycles. The van der Waals surface area contributed by atoms with Gasteiger partial charge in [0.05, 0.1) is 19.1 Å². The second kappa shape index (κ2) is 8.45. The minimum Gasteiger partial charge on any atom is -0.379 e. The third-order valence-electron chi connectivity index (χ3n) is 3.21. The Hall–Kier alpha value is -0.650. The number of hydrogen-bond acceptors (Lipinski definition) is 4. The molecule has 106 valence electrons. The van der Waals surface area contributed by atoms with Crippen molar-refractivity contribution in [2.45, 2.75) is 25.8 Å². The Morgan fingerprint density at radius 1 is 1.33 bits per heavy atom. The fourth-order valence-corrected chi connectivity index (χ4v) is 2.17. The molecule has 2 N–H and O–H groups in total. The van der Waals surface area contributed by atoms with Crippen LogP contribution in [0.1, 0.15) is 19.8 Å². The molecule has 1 aliphatic rings. The van der Waals surface area contributed by atoms with Gasteiger partial charge in [-0.3, -0.25) is 4.79 Å². The number of nitrogens with one attached hydrogen (secondary N) is 2. The zero-order valence-electron chi connectivity index (χ0n) is 11.9. The van der Waals surface area contributed by atoms with Gasteiger partial charge in [-0.1, -0.05) is 6.92 Å². The molecule has 0 aliphatic carbocycles. The highest BCUT2D eigenvalue weighted by molar-refractivity contribution is 5.79. The molecule has 1 amide bonds. The van der Waals surface area contributed by atoms with E-state index in [2.05, 4.69) is 36.6 Å². The number of hydrogen-bond donors (Lipinski definition) is 2. The Morgan fingerprint density at radius 3 is 2.78 bits per heavy atom. The molecule has 0 bridgehead atoms. The first-order chi connectivity index (χ1) is 8.65. The predicted molar refractivity (Wildman–Crippen MR) is 72.6 cm³/mol. The van der Waals surface area contributed by atoms with E-state index in [0.29, 0.717) is 13.2 Å². The van der Waals surface area contributed by atoms with Gasteiger partial charge in [0, 0.05) is 12.6 Å². The smallest absolute Gasteiger partial charge is 0.227 e. The molecular weight excluding hydrogens is 230 g/mol. The average molecular weight is 257 g/mol. The van der Waals surface area contributed by atoms with Crippen molar-refractivity contribution >= 4 is 5.91 Å². The minimum atomic E-state index is -0.0289. The Balaban J connectivity index is 2.15. The summed E-state index contributed by atoms with van der Waals surface area (Å²) in [6.45, 7) is 5.95. The fraction of sp³-hybridized carbons (Fsp3) is 0.923. The topological polar surface area (TPSA) is 53.6 Å². The van der Waals surface area contributed by atoms with Gasteiger partial charge in [-0.15, -0.1) is 0 Å². The molecule has 0 aromatic heterocycles. The monoisotopic (exact) mass is 257 g/mol. The van der Waals surface area contributed by atoms with Gasteiger partial charge < -0.3 is 20.3 Å².